The zero-order chi connectivity index (χ0) is 21.2. The van der Waals surface area contributed by atoms with Crippen molar-refractivity contribution in [1.82, 2.24) is 0 Å². The lowest BCUT2D eigenvalue weighted by Gasteiger charge is -2.12. The fourth-order valence-corrected chi connectivity index (χ4v) is 3.12. The van der Waals surface area contributed by atoms with Gasteiger partial charge in [0.25, 0.3) is 0 Å². The molecule has 0 amide bonds. The molecule has 0 saturated carbocycles. The van der Waals surface area contributed by atoms with Crippen molar-refractivity contribution in [2.75, 3.05) is 6.61 Å². The van der Waals surface area contributed by atoms with Crippen LogP contribution >= 0.6 is 0 Å². The van der Waals surface area contributed by atoms with Crippen LogP contribution in [0.4, 0.5) is 0 Å². The average molecular weight is 397 g/mol. The van der Waals surface area contributed by atoms with Gasteiger partial charge in [0.2, 0.25) is 0 Å². The van der Waals surface area contributed by atoms with Gasteiger partial charge < -0.3 is 9.84 Å². The quantitative estimate of drug-likeness (QED) is 0.183. The molecule has 0 atom stereocenters. The summed E-state index contributed by atoms with van der Waals surface area (Å²) in [6.45, 7) is 6.20. The third-order valence-electron chi connectivity index (χ3n) is 4.57. The van der Waals surface area contributed by atoms with Crippen LogP contribution in [0.3, 0.4) is 0 Å². The van der Waals surface area contributed by atoms with Crippen molar-refractivity contribution >= 4 is 12.0 Å². The van der Waals surface area contributed by atoms with Gasteiger partial charge in [0.05, 0.1) is 6.61 Å². The second-order valence-electron chi connectivity index (χ2n) is 6.94. The molecule has 1 rings (SSSR count). The molecular formula is C26H36O3. The highest BCUT2D eigenvalue weighted by molar-refractivity contribution is 5.86. The van der Waals surface area contributed by atoms with Crippen LogP contribution in [0.2, 0.25) is 0 Å². The van der Waals surface area contributed by atoms with Gasteiger partial charge in [-0.1, -0.05) is 61.8 Å². The summed E-state index contributed by atoms with van der Waals surface area (Å²) in [6.07, 6.45) is 23.6. The normalized spacial score (nSPS) is 11.6. The van der Waals surface area contributed by atoms with E-state index in [0.29, 0.717) is 6.61 Å². The smallest absolute Gasteiger partial charge is 0.328 e. The van der Waals surface area contributed by atoms with Crippen molar-refractivity contribution in [3.8, 4) is 5.75 Å². The van der Waals surface area contributed by atoms with Gasteiger partial charge in [0.1, 0.15) is 5.75 Å². The molecule has 0 bridgehead atoms. The molecule has 0 spiro atoms. The van der Waals surface area contributed by atoms with E-state index in [2.05, 4.69) is 36.9 Å². The van der Waals surface area contributed by atoms with Crippen LogP contribution in [0.25, 0.3) is 6.08 Å². The lowest BCUT2D eigenvalue weighted by Crippen LogP contribution is -1.99. The molecule has 0 heterocycles. The van der Waals surface area contributed by atoms with Gasteiger partial charge in [0.15, 0.2) is 0 Å². The van der Waals surface area contributed by atoms with Crippen LogP contribution < -0.4 is 4.74 Å². The number of rotatable bonds is 16. The third-order valence-corrected chi connectivity index (χ3v) is 4.57. The van der Waals surface area contributed by atoms with Crippen molar-refractivity contribution in [3.63, 3.8) is 0 Å². The van der Waals surface area contributed by atoms with Gasteiger partial charge >= 0.3 is 5.97 Å². The average Bonchev–Trinajstić information content (AvgIpc) is 2.71. The molecule has 0 fully saturated rings. The molecule has 0 aliphatic carbocycles. The van der Waals surface area contributed by atoms with E-state index < -0.39 is 5.97 Å². The Bertz CT molecular complexity index is 683. The molecule has 0 aliphatic heterocycles. The number of carboxylic acid groups (broad SMARTS) is 1. The molecule has 158 valence electrons. The molecule has 1 aromatic carbocycles. The number of carbonyl (C=O) groups is 1. The van der Waals surface area contributed by atoms with E-state index in [-0.39, 0.29) is 0 Å². The van der Waals surface area contributed by atoms with Crippen LogP contribution in [0.1, 0.15) is 69.4 Å². The Kier molecular flexibility index (Phi) is 13.9. The lowest BCUT2D eigenvalue weighted by atomic mass is 9.99. The number of ether oxygens (including phenoxy) is 1. The van der Waals surface area contributed by atoms with E-state index in [9.17, 15) is 4.79 Å². The Hall–Kier alpha value is -2.55. The number of benzene rings is 1. The second-order valence-corrected chi connectivity index (χ2v) is 6.94. The number of allylic oxidation sites excluding steroid dienone is 5. The first-order valence-corrected chi connectivity index (χ1v) is 10.8. The molecule has 0 unspecified atom stereocenters. The van der Waals surface area contributed by atoms with Crippen molar-refractivity contribution in [2.45, 2.75) is 64.7 Å². The minimum Gasteiger partial charge on any atom is -0.493 e. The first-order chi connectivity index (χ1) is 14.2. The molecule has 0 saturated heterocycles. The predicted molar refractivity (Wildman–Crippen MR) is 123 cm³/mol. The minimum atomic E-state index is -0.941. The highest BCUT2D eigenvalue weighted by Gasteiger charge is 2.07. The topological polar surface area (TPSA) is 46.5 Å². The first kappa shape index (κ1) is 24.5. The summed E-state index contributed by atoms with van der Waals surface area (Å²) in [5.74, 6) is -0.183. The Labute approximate surface area is 176 Å². The van der Waals surface area contributed by atoms with Crippen LogP contribution in [0.5, 0.6) is 5.75 Å². The summed E-state index contributed by atoms with van der Waals surface area (Å²) in [6, 6.07) is 5.95. The molecule has 1 aromatic rings. The van der Waals surface area contributed by atoms with Crippen molar-refractivity contribution in [2.24, 2.45) is 0 Å². The van der Waals surface area contributed by atoms with Gasteiger partial charge in [-0.2, -0.15) is 0 Å². The largest absolute Gasteiger partial charge is 0.493 e. The van der Waals surface area contributed by atoms with Crippen LogP contribution in [-0.2, 0) is 11.2 Å². The summed E-state index contributed by atoms with van der Waals surface area (Å²) in [7, 11) is 0. The maximum absolute atomic E-state index is 10.9. The monoisotopic (exact) mass is 396 g/mol. The number of hydrogen-bond acceptors (Lipinski definition) is 2. The van der Waals surface area contributed by atoms with Crippen LogP contribution in [0.15, 0.2) is 61.2 Å². The van der Waals surface area contributed by atoms with Crippen molar-refractivity contribution in [1.29, 1.82) is 0 Å². The van der Waals surface area contributed by atoms with E-state index in [1.54, 1.807) is 6.08 Å². The predicted octanol–water partition coefficient (Wildman–Crippen LogP) is 7.14. The summed E-state index contributed by atoms with van der Waals surface area (Å²) >= 11 is 0. The SMILES string of the molecule is C=CC/C=C\C/C=C\CCCCCCCc1cccc(OCC)c1/C=C/C(=O)O. The fraction of sp³-hybridized carbons (Fsp3) is 0.423. The number of aliphatic carboxylic acids is 1. The van der Waals surface area contributed by atoms with Gasteiger partial charge in [-0.15, -0.1) is 6.58 Å². The Morgan fingerprint density at radius 3 is 2.52 bits per heavy atom. The zero-order valence-corrected chi connectivity index (χ0v) is 17.8. The summed E-state index contributed by atoms with van der Waals surface area (Å²) in [5, 5.41) is 8.95. The fourth-order valence-electron chi connectivity index (χ4n) is 3.12. The molecule has 3 nitrogen and oxygen atoms in total. The first-order valence-electron chi connectivity index (χ1n) is 10.8. The number of carboxylic acids is 1. The van der Waals surface area contributed by atoms with E-state index in [1.807, 2.05) is 25.1 Å². The second kappa shape index (κ2) is 16.4. The number of unbranched alkanes of at least 4 members (excludes halogenated alkanes) is 5. The maximum Gasteiger partial charge on any atom is 0.328 e. The zero-order valence-electron chi connectivity index (χ0n) is 17.8. The summed E-state index contributed by atoms with van der Waals surface area (Å²) in [4.78, 5) is 10.9. The van der Waals surface area contributed by atoms with E-state index in [0.717, 1.165) is 49.0 Å². The maximum atomic E-state index is 10.9. The lowest BCUT2D eigenvalue weighted by molar-refractivity contribution is -0.131. The molecule has 29 heavy (non-hydrogen) atoms. The summed E-state index contributed by atoms with van der Waals surface area (Å²) in [5.41, 5.74) is 2.05. The van der Waals surface area contributed by atoms with Crippen LogP contribution in [-0.4, -0.2) is 17.7 Å². The van der Waals surface area contributed by atoms with E-state index >= 15 is 0 Å². The molecule has 1 N–H and O–H groups in total. The van der Waals surface area contributed by atoms with E-state index in [1.165, 1.54) is 31.8 Å². The molecular weight excluding hydrogens is 360 g/mol. The standard InChI is InChI=1S/C26H36O3/c1-3-5-6-7-8-9-10-11-12-13-14-15-16-18-23-19-17-20-25(29-4-2)24(23)21-22-26(27)28/h3,6-7,9-10,17,19-22H,1,4-5,8,11-16,18H2,2H3,(H,27,28)/b7-6-,10-9-,22-21+. The highest BCUT2D eigenvalue weighted by atomic mass is 16.5. The van der Waals surface area contributed by atoms with Crippen molar-refractivity contribution < 1.29 is 14.6 Å². The van der Waals surface area contributed by atoms with E-state index in [4.69, 9.17) is 9.84 Å². The summed E-state index contributed by atoms with van der Waals surface area (Å²) < 4.78 is 5.67. The molecule has 0 radical (unpaired) electrons. The minimum absolute atomic E-state index is 0.566. The Balaban J connectivity index is 2.32. The third kappa shape index (κ3) is 11.8. The number of hydrogen-bond donors (Lipinski definition) is 1. The Morgan fingerprint density at radius 1 is 1.03 bits per heavy atom. The van der Waals surface area contributed by atoms with Gasteiger partial charge in [-0.3, -0.25) is 0 Å². The van der Waals surface area contributed by atoms with Gasteiger partial charge in [0, 0.05) is 11.6 Å². The molecule has 3 heteroatoms. The highest BCUT2D eigenvalue weighted by Crippen LogP contribution is 2.26. The van der Waals surface area contributed by atoms with Gasteiger partial charge in [-0.25, -0.2) is 4.79 Å². The van der Waals surface area contributed by atoms with Crippen molar-refractivity contribution in [3.05, 3.63) is 72.4 Å². The molecule has 0 aromatic heterocycles. The number of aryl methyl sites for hydroxylation is 1. The Morgan fingerprint density at radius 2 is 1.76 bits per heavy atom. The van der Waals surface area contributed by atoms with Gasteiger partial charge in [-0.05, 0) is 63.2 Å². The van der Waals surface area contributed by atoms with Crippen LogP contribution in [0, 0.1) is 0 Å². The molecule has 0 aliphatic rings.